The van der Waals surface area contributed by atoms with Crippen LogP contribution >= 0.6 is 0 Å². The molecule has 0 aliphatic rings. The van der Waals surface area contributed by atoms with Gasteiger partial charge in [-0.15, -0.1) is 0 Å². The Morgan fingerprint density at radius 3 is 2.18 bits per heavy atom. The molecule has 2 rings (SSSR count). The fourth-order valence-corrected chi connectivity index (χ4v) is 2.18. The molecule has 2 aromatic rings. The van der Waals surface area contributed by atoms with E-state index in [0.29, 0.717) is 5.56 Å². The van der Waals surface area contributed by atoms with E-state index in [1.54, 1.807) is 0 Å². The van der Waals surface area contributed by atoms with E-state index in [1.165, 1.54) is 31.2 Å². The highest BCUT2D eigenvalue weighted by atomic mass is 19.4. The summed E-state index contributed by atoms with van der Waals surface area (Å²) in [4.78, 5) is 33.9. The molecule has 0 aromatic heterocycles. The quantitative estimate of drug-likeness (QED) is 0.456. The highest BCUT2D eigenvalue weighted by Crippen LogP contribution is 2.29. The molecule has 0 heterocycles. The van der Waals surface area contributed by atoms with Crippen LogP contribution < -0.4 is 5.32 Å². The van der Waals surface area contributed by atoms with Gasteiger partial charge in [-0.1, -0.05) is 12.1 Å². The van der Waals surface area contributed by atoms with Gasteiger partial charge in [0.1, 0.15) is 0 Å². The van der Waals surface area contributed by atoms with Crippen molar-refractivity contribution >= 4 is 23.3 Å². The van der Waals surface area contributed by atoms with Crippen molar-refractivity contribution in [3.05, 3.63) is 69.8 Å². The number of hydrogen-bond acceptors (Lipinski definition) is 5. The number of halogens is 3. The summed E-state index contributed by atoms with van der Waals surface area (Å²) in [5.74, 6) is -1.44. The van der Waals surface area contributed by atoms with Gasteiger partial charge in [-0.3, -0.25) is 19.7 Å². The number of nitro benzene ring substituents is 1. The van der Waals surface area contributed by atoms with Crippen LogP contribution in [-0.4, -0.2) is 22.9 Å². The van der Waals surface area contributed by atoms with Gasteiger partial charge >= 0.3 is 12.1 Å². The van der Waals surface area contributed by atoms with Crippen LogP contribution in [-0.2, 0) is 26.9 Å². The molecule has 0 radical (unpaired) electrons. The third kappa shape index (κ3) is 5.79. The number of anilines is 1. The van der Waals surface area contributed by atoms with E-state index in [4.69, 9.17) is 4.74 Å². The van der Waals surface area contributed by atoms with Gasteiger partial charge in [0.25, 0.3) is 11.6 Å². The van der Waals surface area contributed by atoms with Crippen LogP contribution in [0.2, 0.25) is 0 Å². The molecule has 1 unspecified atom stereocenters. The fourth-order valence-electron chi connectivity index (χ4n) is 2.18. The molecule has 2 aromatic carbocycles. The van der Waals surface area contributed by atoms with Gasteiger partial charge in [0.15, 0.2) is 6.10 Å². The second kappa shape index (κ2) is 8.51. The maximum Gasteiger partial charge on any atom is 0.416 e. The standard InChI is InChI=1S/C18H15F3N2O5/c1-11(17(25)22-14-6-8-15(9-7-14)23(26)27)28-16(24)10-12-2-4-13(5-3-12)18(19,20)21/h2-9,11H,10H2,1H3,(H,22,25). The Balaban J connectivity index is 1.88. The van der Waals surface area contributed by atoms with Crippen molar-refractivity contribution in [3.63, 3.8) is 0 Å². The monoisotopic (exact) mass is 396 g/mol. The molecule has 10 heteroatoms. The van der Waals surface area contributed by atoms with E-state index in [2.05, 4.69) is 5.32 Å². The summed E-state index contributed by atoms with van der Waals surface area (Å²) >= 11 is 0. The largest absolute Gasteiger partial charge is 0.452 e. The van der Waals surface area contributed by atoms with Gasteiger partial charge < -0.3 is 10.1 Å². The number of alkyl halides is 3. The Morgan fingerprint density at radius 1 is 1.11 bits per heavy atom. The molecule has 0 bridgehead atoms. The normalized spacial score (nSPS) is 12.1. The number of amides is 1. The molecule has 7 nitrogen and oxygen atoms in total. The Bertz CT molecular complexity index is 864. The summed E-state index contributed by atoms with van der Waals surface area (Å²) in [6.45, 7) is 1.32. The fraction of sp³-hybridized carbons (Fsp3) is 0.222. The second-order valence-electron chi connectivity index (χ2n) is 5.80. The minimum absolute atomic E-state index is 0.144. The smallest absolute Gasteiger partial charge is 0.416 e. The Morgan fingerprint density at radius 2 is 1.68 bits per heavy atom. The van der Waals surface area contributed by atoms with E-state index in [1.807, 2.05) is 0 Å². The van der Waals surface area contributed by atoms with E-state index in [0.717, 1.165) is 24.3 Å². The molecule has 0 saturated carbocycles. The van der Waals surface area contributed by atoms with Crippen LogP contribution in [0.5, 0.6) is 0 Å². The summed E-state index contributed by atoms with van der Waals surface area (Å²) in [7, 11) is 0. The number of nitro groups is 1. The number of non-ortho nitro benzene ring substituents is 1. The predicted octanol–water partition coefficient (Wildman–Crippen LogP) is 3.73. The first-order valence-corrected chi connectivity index (χ1v) is 7.97. The van der Waals surface area contributed by atoms with Crippen molar-refractivity contribution in [1.82, 2.24) is 0 Å². The zero-order valence-electron chi connectivity index (χ0n) is 14.5. The number of benzene rings is 2. The van der Waals surface area contributed by atoms with Crippen LogP contribution in [0.4, 0.5) is 24.5 Å². The van der Waals surface area contributed by atoms with Gasteiger partial charge in [0.05, 0.1) is 16.9 Å². The van der Waals surface area contributed by atoms with E-state index in [9.17, 15) is 32.9 Å². The summed E-state index contributed by atoms with van der Waals surface area (Å²) in [6, 6.07) is 9.09. The summed E-state index contributed by atoms with van der Waals surface area (Å²) < 4.78 is 42.5. The van der Waals surface area contributed by atoms with Crippen molar-refractivity contribution in [2.24, 2.45) is 0 Å². The molecule has 28 heavy (non-hydrogen) atoms. The highest BCUT2D eigenvalue weighted by Gasteiger charge is 2.30. The lowest BCUT2D eigenvalue weighted by atomic mass is 10.1. The third-order valence-electron chi connectivity index (χ3n) is 3.65. The zero-order chi connectivity index (χ0) is 20.9. The Labute approximate surface area is 157 Å². The molecule has 0 aliphatic heterocycles. The topological polar surface area (TPSA) is 98.5 Å². The van der Waals surface area contributed by atoms with Crippen LogP contribution in [0.25, 0.3) is 0 Å². The predicted molar refractivity (Wildman–Crippen MR) is 92.4 cm³/mol. The number of ether oxygens (including phenoxy) is 1. The number of carbonyl (C=O) groups excluding carboxylic acids is 2. The Kier molecular flexibility index (Phi) is 6.34. The first-order valence-electron chi connectivity index (χ1n) is 7.97. The van der Waals surface area contributed by atoms with Crippen LogP contribution in [0.3, 0.4) is 0 Å². The molecule has 148 valence electrons. The highest BCUT2D eigenvalue weighted by molar-refractivity contribution is 5.95. The van der Waals surface area contributed by atoms with Crippen LogP contribution in [0.15, 0.2) is 48.5 Å². The maximum absolute atomic E-state index is 12.5. The number of hydrogen-bond donors (Lipinski definition) is 1. The lowest BCUT2D eigenvalue weighted by molar-refractivity contribution is -0.384. The minimum Gasteiger partial charge on any atom is -0.452 e. The molecule has 1 amide bonds. The van der Waals surface area contributed by atoms with E-state index < -0.39 is 34.6 Å². The lowest BCUT2D eigenvalue weighted by Crippen LogP contribution is -2.30. The molecule has 0 saturated heterocycles. The minimum atomic E-state index is -4.47. The van der Waals surface area contributed by atoms with Crippen LogP contribution in [0, 0.1) is 10.1 Å². The number of carbonyl (C=O) groups is 2. The average molecular weight is 396 g/mol. The molecule has 1 N–H and O–H groups in total. The summed E-state index contributed by atoms with van der Waals surface area (Å²) in [5, 5.41) is 13.0. The summed E-state index contributed by atoms with van der Waals surface area (Å²) in [5.41, 5.74) is -0.392. The molecule has 0 aliphatic carbocycles. The van der Waals surface area contributed by atoms with Crippen molar-refractivity contribution in [1.29, 1.82) is 0 Å². The first-order chi connectivity index (χ1) is 13.1. The van der Waals surface area contributed by atoms with Gasteiger partial charge in [-0.25, -0.2) is 0 Å². The first kappa shape index (κ1) is 20.9. The second-order valence-corrected chi connectivity index (χ2v) is 5.80. The molecular formula is C18H15F3N2O5. The summed E-state index contributed by atoms with van der Waals surface area (Å²) in [6.07, 6.45) is -5.94. The SMILES string of the molecule is CC(OC(=O)Cc1ccc(C(F)(F)F)cc1)C(=O)Nc1ccc([N+](=O)[O-])cc1. The number of nitrogens with zero attached hydrogens (tertiary/aromatic N) is 1. The molecule has 0 fully saturated rings. The maximum atomic E-state index is 12.5. The number of nitrogens with one attached hydrogen (secondary N) is 1. The van der Waals surface area contributed by atoms with Gasteiger partial charge in [-0.05, 0) is 36.8 Å². The van der Waals surface area contributed by atoms with E-state index >= 15 is 0 Å². The van der Waals surface area contributed by atoms with Gasteiger partial charge in [0.2, 0.25) is 0 Å². The van der Waals surface area contributed by atoms with Crippen LogP contribution in [0.1, 0.15) is 18.1 Å². The van der Waals surface area contributed by atoms with Crippen molar-refractivity contribution in [2.45, 2.75) is 25.6 Å². The third-order valence-corrected chi connectivity index (χ3v) is 3.65. The number of esters is 1. The Hall–Kier alpha value is -3.43. The molecule has 0 spiro atoms. The van der Waals surface area contributed by atoms with Gasteiger partial charge in [-0.2, -0.15) is 13.2 Å². The number of rotatable bonds is 6. The molecular weight excluding hydrogens is 381 g/mol. The van der Waals surface area contributed by atoms with Crippen molar-refractivity contribution in [3.8, 4) is 0 Å². The zero-order valence-corrected chi connectivity index (χ0v) is 14.5. The van der Waals surface area contributed by atoms with Crippen molar-refractivity contribution in [2.75, 3.05) is 5.32 Å². The average Bonchev–Trinajstić information content (AvgIpc) is 2.61. The van der Waals surface area contributed by atoms with Gasteiger partial charge in [0, 0.05) is 17.8 Å². The van der Waals surface area contributed by atoms with Crippen molar-refractivity contribution < 1.29 is 32.4 Å². The van der Waals surface area contributed by atoms with E-state index in [-0.39, 0.29) is 17.8 Å². The lowest BCUT2D eigenvalue weighted by Gasteiger charge is -2.14. The molecule has 1 atom stereocenters.